The van der Waals surface area contributed by atoms with E-state index in [1.165, 1.54) is 18.2 Å². The minimum Gasteiger partial charge on any atom is -0.454 e. The van der Waals surface area contributed by atoms with E-state index in [1.807, 2.05) is 0 Å². The first-order valence-corrected chi connectivity index (χ1v) is 20.5. The van der Waals surface area contributed by atoms with Gasteiger partial charge in [0.1, 0.15) is 5.58 Å². The van der Waals surface area contributed by atoms with E-state index in [-0.39, 0.29) is 54.9 Å². The summed E-state index contributed by atoms with van der Waals surface area (Å²) in [6.07, 6.45) is 0. The zero-order valence-electron chi connectivity index (χ0n) is 65.3. The summed E-state index contributed by atoms with van der Waals surface area (Å²) in [6.45, 7) is 0. The van der Waals surface area contributed by atoms with Crippen LogP contribution >= 0.6 is 0 Å². The first-order valence-electron chi connectivity index (χ1n) is 36.0. The minimum atomic E-state index is -2.86. The molecule has 12 aromatic rings. The summed E-state index contributed by atoms with van der Waals surface area (Å²) < 4.78 is 293. The average Bonchev–Trinajstić information content (AvgIpc) is 1.49. The third-order valence-corrected chi connectivity index (χ3v) is 11.7. The maximum atomic E-state index is 10.9. The summed E-state index contributed by atoms with van der Waals surface area (Å²) in [5, 5.41) is -1.03. The number of hydrogen-bond donors (Lipinski definition) is 0. The van der Waals surface area contributed by atoms with E-state index in [1.54, 1.807) is 0 Å². The van der Waals surface area contributed by atoms with Crippen molar-refractivity contribution in [1.29, 1.82) is 0 Å². The Morgan fingerprint density at radius 3 is 2.09 bits per heavy atom. The highest BCUT2D eigenvalue weighted by atomic mass is 16.3. The van der Waals surface area contributed by atoms with Crippen LogP contribution in [0.15, 0.2) is 265 Å². The standard InChI is InChI=1S/C65H43NO/c1-4-17-44(18-5-1)45-31-33-48(34-32-45)63-53-24-11-10-19-46(53)37-41-54(63)47-35-38-51(39-36-47)66(61-29-16-27-58-57-26-13-15-30-62(57)67-64(58)61)52-40-42-56-55-25-12-14-28-59(55)65(60(56)43-52,49-20-6-2-7-21-49)50-22-8-3-9-23-50/h1-43H/i1D,2D,3D,4D,5D,6D,7D,8D,10D,11D,12D,13D,14D,15D,17D,19D,20D,21D,24D,25D,26D,27D,28D,33D,35D,38D,39D,40D,41D,42D,43D. The van der Waals surface area contributed by atoms with Crippen LogP contribution in [0.4, 0.5) is 17.1 Å². The molecular formula is C65H43NO. The smallest absolute Gasteiger partial charge is 0.159 e. The molecule has 314 valence electrons. The summed E-state index contributed by atoms with van der Waals surface area (Å²) in [5.74, 6) is 0. The largest absolute Gasteiger partial charge is 0.454 e. The van der Waals surface area contributed by atoms with E-state index in [4.69, 9.17) is 27.7 Å². The summed E-state index contributed by atoms with van der Waals surface area (Å²) in [5.41, 5.74) is -10.8. The van der Waals surface area contributed by atoms with Gasteiger partial charge in [-0.3, -0.25) is 0 Å². The summed E-state index contributed by atoms with van der Waals surface area (Å²) in [6, 6.07) is -9.93. The highest BCUT2D eigenvalue weighted by Gasteiger charge is 2.46. The van der Waals surface area contributed by atoms with Crippen molar-refractivity contribution in [2.24, 2.45) is 0 Å². The van der Waals surface area contributed by atoms with Crippen molar-refractivity contribution < 1.29 is 46.9 Å². The van der Waals surface area contributed by atoms with Gasteiger partial charge in [0.15, 0.2) is 5.58 Å². The Kier molecular flexibility index (Phi) is 4.39. The molecule has 0 saturated heterocycles. The van der Waals surface area contributed by atoms with Crippen LogP contribution in [0.1, 0.15) is 64.7 Å². The molecule has 13 rings (SSSR count). The van der Waals surface area contributed by atoms with Gasteiger partial charge >= 0.3 is 0 Å². The fourth-order valence-corrected chi connectivity index (χ4v) is 8.81. The molecule has 0 saturated carbocycles. The lowest BCUT2D eigenvalue weighted by Gasteiger charge is -2.35. The predicted molar refractivity (Wildman–Crippen MR) is 280 cm³/mol. The van der Waals surface area contributed by atoms with E-state index in [0.29, 0.717) is 0 Å². The van der Waals surface area contributed by atoms with Gasteiger partial charge in [-0.05, 0) is 114 Å². The molecule has 1 aliphatic rings. The first-order chi connectivity index (χ1) is 46.1. The van der Waals surface area contributed by atoms with Crippen LogP contribution in [0.3, 0.4) is 0 Å². The highest BCUT2D eigenvalue weighted by molar-refractivity contribution is 6.10. The number of para-hydroxylation sites is 2. The topological polar surface area (TPSA) is 16.4 Å². The Balaban J connectivity index is 1.20. The monoisotopic (exact) mass is 885 g/mol. The van der Waals surface area contributed by atoms with E-state index in [0.717, 1.165) is 59.5 Å². The van der Waals surface area contributed by atoms with E-state index >= 15 is 0 Å². The van der Waals surface area contributed by atoms with E-state index < -0.39 is 254 Å². The molecule has 0 radical (unpaired) electrons. The Labute approximate surface area is 433 Å². The number of hydrogen-bond acceptors (Lipinski definition) is 2. The molecule has 0 bridgehead atoms. The highest BCUT2D eigenvalue weighted by Crippen LogP contribution is 2.57. The van der Waals surface area contributed by atoms with Crippen LogP contribution in [-0.2, 0) is 5.41 Å². The lowest BCUT2D eigenvalue weighted by molar-refractivity contribution is 0.669. The van der Waals surface area contributed by atoms with Crippen molar-refractivity contribution in [3.05, 3.63) is 282 Å². The normalized spacial score (nSPS) is 20.5. The molecule has 2 heteroatoms. The molecule has 1 heterocycles. The molecule has 0 aliphatic heterocycles. The van der Waals surface area contributed by atoms with E-state index in [2.05, 4.69) is 0 Å². The second kappa shape index (κ2) is 15.8. The number of rotatable bonds is 8. The van der Waals surface area contributed by atoms with Gasteiger partial charge in [0.25, 0.3) is 0 Å². The zero-order valence-corrected chi connectivity index (χ0v) is 34.3. The Bertz CT molecular complexity index is 5660. The SMILES string of the molecule is [2H]c1ccc(C2(c3c([2H])c([2H])c([2H])c([2H])c3[2H])c3c([2H])c([2H])c([2H])c([2H])c3-c3c([2H])c([2H])c(N(c4c([2H])cc(-c5c([2H])cc6c([2H])c([2H])c([2H])c([2H])c6c5-c5ccc(-c6cc([2H])c([2H])c([2H])c6[2H])cc5[2H])c([2H])c4[2H])c4ccc([2H])c5c4oc4cc([2H])c([2H])c([2H])c45)c([2H])c32)cc1[2H]. The van der Waals surface area contributed by atoms with Crippen molar-refractivity contribution in [3.8, 4) is 44.5 Å². The number of fused-ring (bicyclic) bond motifs is 7. The Morgan fingerprint density at radius 2 is 1.15 bits per heavy atom. The molecule has 0 spiro atoms. The fraction of sp³-hybridized carbons (Fsp3) is 0.0154. The first kappa shape index (κ1) is 18.6. The molecule has 1 atom stereocenters. The molecule has 1 aromatic heterocycles. The van der Waals surface area contributed by atoms with Gasteiger partial charge in [0.2, 0.25) is 0 Å². The van der Waals surface area contributed by atoms with Crippen LogP contribution in [-0.4, -0.2) is 0 Å². The Morgan fingerprint density at radius 1 is 0.388 bits per heavy atom. The van der Waals surface area contributed by atoms with Gasteiger partial charge in [-0.25, -0.2) is 0 Å². The van der Waals surface area contributed by atoms with Gasteiger partial charge in [0, 0.05) is 22.1 Å². The van der Waals surface area contributed by atoms with Crippen molar-refractivity contribution >= 4 is 49.8 Å². The minimum absolute atomic E-state index is 0.0313. The molecule has 0 amide bonds. The van der Waals surface area contributed by atoms with Crippen molar-refractivity contribution in [1.82, 2.24) is 0 Å². The van der Waals surface area contributed by atoms with Crippen molar-refractivity contribution in [2.45, 2.75) is 5.41 Å². The van der Waals surface area contributed by atoms with Crippen molar-refractivity contribution in [3.63, 3.8) is 0 Å². The maximum absolute atomic E-state index is 10.9. The molecule has 0 fully saturated rings. The lowest BCUT2D eigenvalue weighted by Crippen LogP contribution is -2.28. The van der Waals surface area contributed by atoms with Crippen LogP contribution in [0, 0.1) is 0 Å². The zero-order chi connectivity index (χ0) is 71.3. The number of furan rings is 1. The van der Waals surface area contributed by atoms with Gasteiger partial charge < -0.3 is 9.32 Å². The van der Waals surface area contributed by atoms with Crippen LogP contribution in [0.2, 0.25) is 0 Å². The third kappa shape index (κ3) is 6.18. The van der Waals surface area contributed by atoms with Crippen LogP contribution in [0.25, 0.3) is 77.2 Å². The summed E-state index contributed by atoms with van der Waals surface area (Å²) in [4.78, 5) is 0.818. The maximum Gasteiger partial charge on any atom is 0.159 e. The third-order valence-electron chi connectivity index (χ3n) is 11.7. The quantitative estimate of drug-likeness (QED) is 0.151. The molecule has 67 heavy (non-hydrogen) atoms. The van der Waals surface area contributed by atoms with Gasteiger partial charge in [-0.1, -0.05) is 224 Å². The average molecular weight is 885 g/mol. The number of anilines is 3. The molecule has 1 aliphatic carbocycles. The Hall–Kier alpha value is -8.72. The summed E-state index contributed by atoms with van der Waals surface area (Å²) >= 11 is 0. The molecular weight excluding hydrogens is 811 g/mol. The molecule has 11 aromatic carbocycles. The molecule has 2 nitrogen and oxygen atoms in total. The lowest BCUT2D eigenvalue weighted by atomic mass is 9.67. The van der Waals surface area contributed by atoms with Crippen molar-refractivity contribution in [2.75, 3.05) is 4.90 Å². The number of benzene rings is 11. The van der Waals surface area contributed by atoms with E-state index in [9.17, 15) is 19.2 Å². The second-order valence-corrected chi connectivity index (χ2v) is 15.2. The van der Waals surface area contributed by atoms with Gasteiger partial charge in [-0.2, -0.15) is 0 Å². The number of nitrogens with zero attached hydrogens (tertiary/aromatic N) is 1. The fourth-order valence-electron chi connectivity index (χ4n) is 8.81. The molecule has 0 N–H and O–H groups in total. The van der Waals surface area contributed by atoms with Gasteiger partial charge in [0.05, 0.1) is 53.6 Å². The molecule has 1 unspecified atom stereocenters. The summed E-state index contributed by atoms with van der Waals surface area (Å²) in [7, 11) is 0. The van der Waals surface area contributed by atoms with Gasteiger partial charge in [-0.15, -0.1) is 0 Å². The van der Waals surface area contributed by atoms with Crippen LogP contribution < -0.4 is 4.90 Å². The van der Waals surface area contributed by atoms with Crippen LogP contribution in [0.5, 0.6) is 0 Å². The predicted octanol–water partition coefficient (Wildman–Crippen LogP) is 17.6. The second-order valence-electron chi connectivity index (χ2n) is 15.2.